The van der Waals surface area contributed by atoms with Crippen LogP contribution in [-0.2, 0) is 0 Å². The maximum absolute atomic E-state index is 11.8. The van der Waals surface area contributed by atoms with E-state index >= 15 is 0 Å². The first-order valence-corrected chi connectivity index (χ1v) is 3.75. The van der Waals surface area contributed by atoms with Gasteiger partial charge in [-0.25, -0.2) is 0 Å². The summed E-state index contributed by atoms with van der Waals surface area (Å²) in [6, 6.07) is 3.13. The normalized spacial score (nSPS) is 10.4. The molecule has 0 aliphatic carbocycles. The third-order valence-corrected chi connectivity index (χ3v) is 1.54. The molecule has 0 aromatic heterocycles. The molecule has 5 nitrogen and oxygen atoms in total. The molecule has 0 amide bonds. The van der Waals surface area contributed by atoms with E-state index < -0.39 is 23.0 Å². The molecule has 1 radical (unpaired) electrons. The van der Waals surface area contributed by atoms with Gasteiger partial charge in [0.25, 0.3) is 0 Å². The van der Waals surface area contributed by atoms with E-state index in [0.29, 0.717) is 6.61 Å². The SMILES string of the molecule is O=[N+]([O-])c1cc([CH]O)ccc1OC(F)F. The Kier molecular flexibility index (Phi) is 3.51. The van der Waals surface area contributed by atoms with Gasteiger partial charge < -0.3 is 9.84 Å². The lowest BCUT2D eigenvalue weighted by molar-refractivity contribution is -0.386. The summed E-state index contributed by atoms with van der Waals surface area (Å²) in [6.07, 6.45) is 0. The summed E-state index contributed by atoms with van der Waals surface area (Å²) in [7, 11) is 0. The lowest BCUT2D eigenvalue weighted by Gasteiger charge is -2.05. The molecule has 0 fully saturated rings. The molecule has 15 heavy (non-hydrogen) atoms. The molecular weight excluding hydrogens is 212 g/mol. The molecule has 0 spiro atoms. The summed E-state index contributed by atoms with van der Waals surface area (Å²) in [6.45, 7) is -2.51. The molecule has 1 rings (SSSR count). The smallest absolute Gasteiger partial charge is 0.387 e. The summed E-state index contributed by atoms with van der Waals surface area (Å²) >= 11 is 0. The zero-order valence-corrected chi connectivity index (χ0v) is 7.26. The number of benzene rings is 1. The van der Waals surface area contributed by atoms with Crippen molar-refractivity contribution in [2.45, 2.75) is 6.61 Å². The molecule has 1 aromatic carbocycles. The van der Waals surface area contributed by atoms with Crippen LogP contribution >= 0.6 is 0 Å². The zero-order chi connectivity index (χ0) is 11.4. The number of nitrogens with zero attached hydrogens (tertiary/aromatic N) is 1. The number of hydrogen-bond acceptors (Lipinski definition) is 4. The standard InChI is InChI=1S/C8H6F2NO4/c9-8(10)15-7-2-1-5(4-12)3-6(7)11(13)14/h1-4,8,12H. The van der Waals surface area contributed by atoms with Gasteiger partial charge >= 0.3 is 12.3 Å². The quantitative estimate of drug-likeness (QED) is 0.620. The topological polar surface area (TPSA) is 72.6 Å². The number of ether oxygens (including phenoxy) is 1. The summed E-state index contributed by atoms with van der Waals surface area (Å²) in [5, 5.41) is 19.0. The van der Waals surface area contributed by atoms with Crippen molar-refractivity contribution < 1.29 is 23.5 Å². The Morgan fingerprint density at radius 2 is 2.20 bits per heavy atom. The summed E-state index contributed by atoms with van der Waals surface area (Å²) < 4.78 is 27.6. The Hall–Kier alpha value is -1.76. The Labute approximate surface area is 83.1 Å². The molecule has 0 heterocycles. The number of nitro benzene ring substituents is 1. The molecule has 81 valence electrons. The Bertz CT molecular complexity index is 370. The molecule has 0 unspecified atom stereocenters. The van der Waals surface area contributed by atoms with Crippen LogP contribution in [0.2, 0.25) is 0 Å². The van der Waals surface area contributed by atoms with Gasteiger partial charge in [0.05, 0.1) is 4.92 Å². The van der Waals surface area contributed by atoms with Crippen molar-refractivity contribution in [3.63, 3.8) is 0 Å². The number of rotatable bonds is 4. The van der Waals surface area contributed by atoms with Crippen LogP contribution in [0.25, 0.3) is 0 Å². The van der Waals surface area contributed by atoms with E-state index in [4.69, 9.17) is 5.11 Å². The number of hydrogen-bond donors (Lipinski definition) is 1. The van der Waals surface area contributed by atoms with Gasteiger partial charge in [-0.3, -0.25) is 10.1 Å². The molecular formula is C8H6F2NO4. The van der Waals surface area contributed by atoms with Crippen molar-refractivity contribution in [2.75, 3.05) is 0 Å². The lowest BCUT2D eigenvalue weighted by Crippen LogP contribution is -2.04. The van der Waals surface area contributed by atoms with Gasteiger partial charge in [-0.15, -0.1) is 0 Å². The van der Waals surface area contributed by atoms with E-state index in [1.54, 1.807) is 0 Å². The Morgan fingerprint density at radius 3 is 2.67 bits per heavy atom. The number of alkyl halides is 2. The van der Waals surface area contributed by atoms with E-state index in [2.05, 4.69) is 4.74 Å². The molecule has 0 bridgehead atoms. The van der Waals surface area contributed by atoms with Gasteiger partial charge in [0.2, 0.25) is 5.75 Å². The highest BCUT2D eigenvalue weighted by Crippen LogP contribution is 2.29. The fourth-order valence-electron chi connectivity index (χ4n) is 0.953. The van der Waals surface area contributed by atoms with Crippen LogP contribution in [0.4, 0.5) is 14.5 Å². The van der Waals surface area contributed by atoms with E-state index in [1.165, 1.54) is 6.07 Å². The van der Waals surface area contributed by atoms with Crippen LogP contribution in [0.15, 0.2) is 18.2 Å². The monoisotopic (exact) mass is 218 g/mol. The summed E-state index contributed by atoms with van der Waals surface area (Å²) in [5.74, 6) is -0.541. The fraction of sp³-hybridized carbons (Fsp3) is 0.125. The molecule has 0 atom stereocenters. The third kappa shape index (κ3) is 2.84. The maximum atomic E-state index is 11.8. The Balaban J connectivity index is 3.09. The Morgan fingerprint density at radius 1 is 1.53 bits per heavy atom. The highest BCUT2D eigenvalue weighted by atomic mass is 19.3. The summed E-state index contributed by atoms with van der Waals surface area (Å²) in [5.41, 5.74) is -0.499. The van der Waals surface area contributed by atoms with Gasteiger partial charge in [-0.1, -0.05) is 6.07 Å². The van der Waals surface area contributed by atoms with Crippen LogP contribution in [0, 0.1) is 16.7 Å². The summed E-state index contributed by atoms with van der Waals surface area (Å²) in [4.78, 5) is 9.59. The molecule has 7 heteroatoms. The second-order valence-electron chi connectivity index (χ2n) is 2.49. The van der Waals surface area contributed by atoms with E-state index in [1.807, 2.05) is 0 Å². The number of aliphatic hydroxyl groups excluding tert-OH is 1. The van der Waals surface area contributed by atoms with Crippen molar-refractivity contribution in [1.82, 2.24) is 0 Å². The highest BCUT2D eigenvalue weighted by molar-refractivity contribution is 5.49. The minimum Gasteiger partial charge on any atom is -0.427 e. The first-order chi connectivity index (χ1) is 7.04. The van der Waals surface area contributed by atoms with Crippen LogP contribution in [0.3, 0.4) is 0 Å². The number of halogens is 2. The van der Waals surface area contributed by atoms with Crippen molar-refractivity contribution >= 4 is 5.69 Å². The van der Waals surface area contributed by atoms with Crippen molar-refractivity contribution in [3.05, 3.63) is 40.5 Å². The predicted molar refractivity (Wildman–Crippen MR) is 45.1 cm³/mol. The second kappa shape index (κ2) is 4.65. The molecule has 0 aliphatic rings. The molecule has 0 saturated carbocycles. The van der Waals surface area contributed by atoms with Crippen LogP contribution in [-0.4, -0.2) is 16.6 Å². The first-order valence-electron chi connectivity index (χ1n) is 3.75. The van der Waals surface area contributed by atoms with Gasteiger partial charge in [-0.2, -0.15) is 8.78 Å². The highest BCUT2D eigenvalue weighted by Gasteiger charge is 2.18. The van der Waals surface area contributed by atoms with Gasteiger partial charge in [-0.05, 0) is 11.6 Å². The van der Waals surface area contributed by atoms with Crippen LogP contribution in [0.5, 0.6) is 5.75 Å². The van der Waals surface area contributed by atoms with Crippen molar-refractivity contribution in [2.24, 2.45) is 0 Å². The molecule has 1 aromatic rings. The third-order valence-electron chi connectivity index (χ3n) is 1.54. The zero-order valence-electron chi connectivity index (χ0n) is 7.26. The van der Waals surface area contributed by atoms with Gasteiger partial charge in [0, 0.05) is 6.07 Å². The maximum Gasteiger partial charge on any atom is 0.387 e. The molecule has 1 N–H and O–H groups in total. The fourth-order valence-corrected chi connectivity index (χ4v) is 0.953. The van der Waals surface area contributed by atoms with Gasteiger partial charge in [0.15, 0.2) is 0 Å². The van der Waals surface area contributed by atoms with Crippen molar-refractivity contribution in [1.29, 1.82) is 0 Å². The average Bonchev–Trinajstić information content (AvgIpc) is 2.17. The van der Waals surface area contributed by atoms with Crippen LogP contribution < -0.4 is 4.74 Å². The van der Waals surface area contributed by atoms with E-state index in [9.17, 15) is 18.9 Å². The molecule has 0 aliphatic heterocycles. The lowest BCUT2D eigenvalue weighted by atomic mass is 10.2. The first kappa shape index (κ1) is 11.3. The predicted octanol–water partition coefficient (Wildman–Crippen LogP) is 2.08. The minimum absolute atomic E-state index is 0.128. The van der Waals surface area contributed by atoms with Gasteiger partial charge in [0.1, 0.15) is 6.61 Å². The minimum atomic E-state index is -3.13. The molecule has 0 saturated heterocycles. The van der Waals surface area contributed by atoms with Crippen molar-refractivity contribution in [3.8, 4) is 5.75 Å². The van der Waals surface area contributed by atoms with E-state index in [0.717, 1.165) is 12.1 Å². The average molecular weight is 218 g/mol. The number of aliphatic hydroxyl groups is 1. The largest absolute Gasteiger partial charge is 0.427 e. The second-order valence-corrected chi connectivity index (χ2v) is 2.49. The van der Waals surface area contributed by atoms with E-state index in [-0.39, 0.29) is 5.56 Å². The number of nitro groups is 1. The van der Waals surface area contributed by atoms with Crippen LogP contribution in [0.1, 0.15) is 5.56 Å².